The standard InChI is InChI=1S/C14H25ClN4/c1-11-12(13(15)17(5)16-11)10-18-6-8-19(9-7-18)14(2,3)4/h6-10H2,1-5H3. The van der Waals surface area contributed by atoms with E-state index in [1.807, 2.05) is 14.0 Å². The van der Waals surface area contributed by atoms with E-state index in [9.17, 15) is 0 Å². The molecule has 0 aliphatic carbocycles. The number of halogens is 1. The highest BCUT2D eigenvalue weighted by Crippen LogP contribution is 2.22. The Balaban J connectivity index is 1.96. The molecule has 1 saturated heterocycles. The van der Waals surface area contributed by atoms with E-state index in [0.29, 0.717) is 0 Å². The molecule has 5 heteroatoms. The molecule has 1 aliphatic heterocycles. The molecule has 0 amide bonds. The summed E-state index contributed by atoms with van der Waals surface area (Å²) < 4.78 is 1.76. The van der Waals surface area contributed by atoms with E-state index in [1.54, 1.807) is 4.68 Å². The summed E-state index contributed by atoms with van der Waals surface area (Å²) in [7, 11) is 1.90. The van der Waals surface area contributed by atoms with Crippen LogP contribution in [0.25, 0.3) is 0 Å². The molecular formula is C14H25ClN4. The van der Waals surface area contributed by atoms with Crippen molar-refractivity contribution in [1.29, 1.82) is 0 Å². The number of nitrogens with zero attached hydrogens (tertiary/aromatic N) is 4. The Kier molecular flexibility index (Phi) is 4.23. The third-order valence-electron chi connectivity index (χ3n) is 3.97. The van der Waals surface area contributed by atoms with E-state index in [2.05, 4.69) is 35.7 Å². The fraction of sp³-hybridized carbons (Fsp3) is 0.786. The summed E-state index contributed by atoms with van der Waals surface area (Å²) in [5.74, 6) is 0. The summed E-state index contributed by atoms with van der Waals surface area (Å²) in [6.07, 6.45) is 0. The molecule has 19 heavy (non-hydrogen) atoms. The van der Waals surface area contributed by atoms with Gasteiger partial charge in [-0.15, -0.1) is 0 Å². The van der Waals surface area contributed by atoms with Crippen molar-refractivity contribution in [2.45, 2.75) is 39.8 Å². The van der Waals surface area contributed by atoms with Gasteiger partial charge in [0.15, 0.2) is 0 Å². The fourth-order valence-electron chi connectivity index (χ4n) is 2.65. The van der Waals surface area contributed by atoms with Crippen LogP contribution in [0.15, 0.2) is 0 Å². The van der Waals surface area contributed by atoms with Crippen LogP contribution in [0, 0.1) is 6.92 Å². The van der Waals surface area contributed by atoms with Gasteiger partial charge >= 0.3 is 0 Å². The van der Waals surface area contributed by atoms with Gasteiger partial charge in [-0.25, -0.2) is 0 Å². The first-order valence-electron chi connectivity index (χ1n) is 6.94. The zero-order valence-corrected chi connectivity index (χ0v) is 13.5. The van der Waals surface area contributed by atoms with Crippen molar-refractivity contribution in [2.75, 3.05) is 26.2 Å². The molecule has 1 aromatic heterocycles. The Morgan fingerprint density at radius 3 is 2.16 bits per heavy atom. The second kappa shape index (κ2) is 5.43. The molecule has 2 rings (SSSR count). The minimum atomic E-state index is 0.272. The van der Waals surface area contributed by atoms with E-state index in [-0.39, 0.29) is 5.54 Å². The van der Waals surface area contributed by atoms with Gasteiger partial charge in [-0.05, 0) is 27.7 Å². The van der Waals surface area contributed by atoms with Crippen LogP contribution >= 0.6 is 11.6 Å². The summed E-state index contributed by atoms with van der Waals surface area (Å²) in [6.45, 7) is 14.2. The SMILES string of the molecule is Cc1nn(C)c(Cl)c1CN1CCN(C(C)(C)C)CC1. The van der Waals surface area contributed by atoms with Gasteiger partial charge in [0, 0.05) is 50.9 Å². The van der Waals surface area contributed by atoms with E-state index < -0.39 is 0 Å². The van der Waals surface area contributed by atoms with Gasteiger partial charge in [0.1, 0.15) is 5.15 Å². The second-order valence-electron chi connectivity index (χ2n) is 6.41. The van der Waals surface area contributed by atoms with Gasteiger partial charge in [-0.1, -0.05) is 11.6 Å². The molecule has 0 spiro atoms. The first kappa shape index (κ1) is 14.8. The van der Waals surface area contributed by atoms with Crippen LogP contribution in [0.3, 0.4) is 0 Å². The van der Waals surface area contributed by atoms with E-state index in [1.165, 1.54) is 5.56 Å². The molecule has 0 aromatic carbocycles. The minimum absolute atomic E-state index is 0.272. The zero-order valence-electron chi connectivity index (χ0n) is 12.7. The molecule has 2 heterocycles. The van der Waals surface area contributed by atoms with Crippen molar-refractivity contribution in [3.05, 3.63) is 16.4 Å². The lowest BCUT2D eigenvalue weighted by molar-refractivity contribution is 0.0590. The molecule has 4 nitrogen and oxygen atoms in total. The normalized spacial score (nSPS) is 19.1. The highest BCUT2D eigenvalue weighted by atomic mass is 35.5. The lowest BCUT2D eigenvalue weighted by Gasteiger charge is -2.42. The average Bonchev–Trinajstić information content (AvgIpc) is 2.56. The molecule has 0 saturated carbocycles. The summed E-state index contributed by atoms with van der Waals surface area (Å²) in [5, 5.41) is 5.15. The second-order valence-corrected chi connectivity index (χ2v) is 6.77. The smallest absolute Gasteiger partial charge is 0.131 e. The summed E-state index contributed by atoms with van der Waals surface area (Å²) >= 11 is 6.30. The molecule has 1 fully saturated rings. The number of hydrogen-bond acceptors (Lipinski definition) is 3. The molecule has 0 unspecified atom stereocenters. The van der Waals surface area contributed by atoms with E-state index in [4.69, 9.17) is 11.6 Å². The Morgan fingerprint density at radius 2 is 1.74 bits per heavy atom. The van der Waals surface area contributed by atoms with Crippen LogP contribution in [0.5, 0.6) is 0 Å². The number of aryl methyl sites for hydroxylation is 2. The van der Waals surface area contributed by atoms with Crippen molar-refractivity contribution in [3.63, 3.8) is 0 Å². The number of piperazine rings is 1. The van der Waals surface area contributed by atoms with Gasteiger partial charge in [0.05, 0.1) is 5.69 Å². The van der Waals surface area contributed by atoms with Crippen LogP contribution < -0.4 is 0 Å². The quantitative estimate of drug-likeness (QED) is 0.833. The maximum Gasteiger partial charge on any atom is 0.131 e. The third kappa shape index (κ3) is 3.30. The van der Waals surface area contributed by atoms with Crippen LogP contribution in [-0.2, 0) is 13.6 Å². The van der Waals surface area contributed by atoms with Crippen LogP contribution in [0.4, 0.5) is 0 Å². The van der Waals surface area contributed by atoms with E-state index >= 15 is 0 Å². The Bertz CT molecular complexity index is 439. The fourth-order valence-corrected chi connectivity index (χ4v) is 2.89. The number of aromatic nitrogens is 2. The van der Waals surface area contributed by atoms with Gasteiger partial charge in [0.2, 0.25) is 0 Å². The molecular weight excluding hydrogens is 260 g/mol. The summed E-state index contributed by atoms with van der Waals surface area (Å²) in [4.78, 5) is 5.01. The highest BCUT2D eigenvalue weighted by Gasteiger charge is 2.26. The van der Waals surface area contributed by atoms with Crippen LogP contribution in [0.1, 0.15) is 32.0 Å². The predicted octanol–water partition coefficient (Wildman–Crippen LogP) is 2.30. The molecule has 0 N–H and O–H groups in total. The van der Waals surface area contributed by atoms with Gasteiger partial charge in [-0.2, -0.15) is 5.10 Å². The average molecular weight is 285 g/mol. The lowest BCUT2D eigenvalue weighted by Crippen LogP contribution is -2.53. The zero-order chi connectivity index (χ0) is 14.2. The number of rotatable bonds is 2. The molecule has 0 atom stereocenters. The Labute approximate surface area is 121 Å². The van der Waals surface area contributed by atoms with Crippen LogP contribution in [-0.4, -0.2) is 51.3 Å². The predicted molar refractivity (Wildman–Crippen MR) is 79.6 cm³/mol. The monoisotopic (exact) mass is 284 g/mol. The summed E-state index contributed by atoms with van der Waals surface area (Å²) in [5.41, 5.74) is 2.49. The summed E-state index contributed by atoms with van der Waals surface area (Å²) in [6, 6.07) is 0. The minimum Gasteiger partial charge on any atom is -0.296 e. The molecule has 0 radical (unpaired) electrons. The first-order chi connectivity index (χ1) is 8.79. The van der Waals surface area contributed by atoms with Crippen LogP contribution in [0.2, 0.25) is 5.15 Å². The molecule has 108 valence electrons. The molecule has 1 aromatic rings. The van der Waals surface area contributed by atoms with Gasteiger partial charge in [-0.3, -0.25) is 14.5 Å². The van der Waals surface area contributed by atoms with Crippen molar-refractivity contribution in [3.8, 4) is 0 Å². The van der Waals surface area contributed by atoms with E-state index in [0.717, 1.165) is 43.6 Å². The van der Waals surface area contributed by atoms with Crippen molar-refractivity contribution in [1.82, 2.24) is 19.6 Å². The number of hydrogen-bond donors (Lipinski definition) is 0. The first-order valence-corrected chi connectivity index (χ1v) is 7.32. The lowest BCUT2D eigenvalue weighted by atomic mass is 10.0. The third-order valence-corrected chi connectivity index (χ3v) is 4.45. The van der Waals surface area contributed by atoms with Crippen molar-refractivity contribution >= 4 is 11.6 Å². The van der Waals surface area contributed by atoms with Crippen molar-refractivity contribution in [2.24, 2.45) is 7.05 Å². The maximum absolute atomic E-state index is 6.30. The van der Waals surface area contributed by atoms with Gasteiger partial charge in [0.25, 0.3) is 0 Å². The topological polar surface area (TPSA) is 24.3 Å². The van der Waals surface area contributed by atoms with Gasteiger partial charge < -0.3 is 0 Å². The Hall–Kier alpha value is -0.580. The molecule has 1 aliphatic rings. The maximum atomic E-state index is 6.30. The molecule has 0 bridgehead atoms. The highest BCUT2D eigenvalue weighted by molar-refractivity contribution is 6.30. The van der Waals surface area contributed by atoms with Crippen molar-refractivity contribution < 1.29 is 0 Å². The Morgan fingerprint density at radius 1 is 1.16 bits per heavy atom. The largest absolute Gasteiger partial charge is 0.296 e.